The molecule has 1 N–H and O–H groups in total. The van der Waals surface area contributed by atoms with Gasteiger partial charge in [-0.25, -0.2) is 0 Å². The second kappa shape index (κ2) is 6.41. The van der Waals surface area contributed by atoms with Crippen molar-refractivity contribution in [3.8, 4) is 0 Å². The van der Waals surface area contributed by atoms with Crippen molar-refractivity contribution >= 4 is 11.7 Å². The molecule has 0 saturated carbocycles. The van der Waals surface area contributed by atoms with Gasteiger partial charge in [0.05, 0.1) is 19.8 Å². The van der Waals surface area contributed by atoms with Crippen molar-refractivity contribution in [1.29, 1.82) is 0 Å². The fourth-order valence-corrected chi connectivity index (χ4v) is 2.64. The van der Waals surface area contributed by atoms with Crippen LogP contribution in [0.3, 0.4) is 0 Å². The summed E-state index contributed by atoms with van der Waals surface area (Å²) in [6.07, 6.45) is 0. The maximum atomic E-state index is 12.5. The van der Waals surface area contributed by atoms with Crippen molar-refractivity contribution in [2.45, 2.75) is 19.9 Å². The van der Waals surface area contributed by atoms with Crippen LogP contribution < -0.4 is 5.32 Å². The number of carbonyl (C=O) groups excluding carboxylic acids is 2. The van der Waals surface area contributed by atoms with Gasteiger partial charge in [-0.3, -0.25) is 14.5 Å². The van der Waals surface area contributed by atoms with Crippen molar-refractivity contribution in [3.05, 3.63) is 23.0 Å². The highest BCUT2D eigenvalue weighted by Crippen LogP contribution is 2.16. The first-order valence-electron chi connectivity index (χ1n) is 7.15. The summed E-state index contributed by atoms with van der Waals surface area (Å²) >= 11 is 0. The first-order valence-corrected chi connectivity index (χ1v) is 7.15. The van der Waals surface area contributed by atoms with E-state index in [1.165, 1.54) is 0 Å². The molecule has 1 saturated heterocycles. The van der Waals surface area contributed by atoms with Crippen LogP contribution in [0.4, 0.5) is 0 Å². The van der Waals surface area contributed by atoms with Gasteiger partial charge in [0.15, 0.2) is 5.78 Å². The molecule has 6 nitrogen and oxygen atoms in total. The molecule has 0 aliphatic carbocycles. The number of hydrogen-bond donors (Lipinski definition) is 1. The predicted molar refractivity (Wildman–Crippen MR) is 79.5 cm³/mol. The Morgan fingerprint density at radius 1 is 1.43 bits per heavy atom. The number of hydrogen-bond acceptors (Lipinski definition) is 4. The number of Topliss-reactive ketones (excluding diaryl/α,β-unsaturated/α-hetero) is 1. The number of ketones is 1. The summed E-state index contributed by atoms with van der Waals surface area (Å²) in [6, 6.07) is 1.52. The van der Waals surface area contributed by atoms with E-state index < -0.39 is 6.04 Å². The van der Waals surface area contributed by atoms with E-state index in [2.05, 4.69) is 5.32 Å². The molecule has 21 heavy (non-hydrogen) atoms. The molecule has 1 fully saturated rings. The van der Waals surface area contributed by atoms with Crippen LogP contribution in [0.15, 0.2) is 6.07 Å². The minimum atomic E-state index is -0.391. The number of aryl methyl sites for hydroxylation is 1. The highest BCUT2D eigenvalue weighted by atomic mass is 16.5. The third kappa shape index (κ3) is 3.16. The molecule has 1 aliphatic heterocycles. The normalized spacial score (nSPS) is 19.5. The average Bonchev–Trinajstić information content (AvgIpc) is 2.74. The molecule has 1 aromatic rings. The quantitative estimate of drug-likeness (QED) is 0.810. The van der Waals surface area contributed by atoms with Gasteiger partial charge in [-0.2, -0.15) is 0 Å². The van der Waals surface area contributed by atoms with E-state index in [4.69, 9.17) is 4.74 Å². The number of rotatable bonds is 4. The van der Waals surface area contributed by atoms with Gasteiger partial charge in [-0.15, -0.1) is 0 Å². The molecule has 2 heterocycles. The highest BCUT2D eigenvalue weighted by molar-refractivity contribution is 5.99. The van der Waals surface area contributed by atoms with Gasteiger partial charge in [0, 0.05) is 37.6 Å². The maximum Gasteiger partial charge on any atom is 0.239 e. The van der Waals surface area contributed by atoms with Crippen LogP contribution in [-0.2, 0) is 16.6 Å². The average molecular weight is 293 g/mol. The van der Waals surface area contributed by atoms with E-state index >= 15 is 0 Å². The van der Waals surface area contributed by atoms with Crippen LogP contribution in [0.25, 0.3) is 0 Å². The van der Waals surface area contributed by atoms with Crippen molar-refractivity contribution in [3.63, 3.8) is 0 Å². The molecule has 1 unspecified atom stereocenters. The lowest BCUT2D eigenvalue weighted by Crippen LogP contribution is -2.54. The SMILES string of the molecule is CNC(=O)C1COCCN1CC(=O)c1cc(C)n(C)c1C. The Bertz CT molecular complexity index is 551. The van der Waals surface area contributed by atoms with Crippen LogP contribution in [0.1, 0.15) is 21.7 Å². The van der Waals surface area contributed by atoms with Crippen LogP contribution in [0, 0.1) is 13.8 Å². The number of likely N-dealkylation sites (N-methyl/N-ethyl adjacent to an activating group) is 1. The summed E-state index contributed by atoms with van der Waals surface area (Å²) in [5.74, 6) is -0.0598. The van der Waals surface area contributed by atoms with Crippen LogP contribution in [0.5, 0.6) is 0 Å². The fourth-order valence-electron chi connectivity index (χ4n) is 2.64. The molecule has 1 aromatic heterocycles. The molecule has 1 aliphatic rings. The van der Waals surface area contributed by atoms with Crippen molar-refractivity contribution < 1.29 is 14.3 Å². The molecule has 0 bridgehead atoms. The van der Waals surface area contributed by atoms with Crippen molar-refractivity contribution in [1.82, 2.24) is 14.8 Å². The second-order valence-corrected chi connectivity index (χ2v) is 5.44. The largest absolute Gasteiger partial charge is 0.378 e. The minimum Gasteiger partial charge on any atom is -0.378 e. The molecule has 116 valence electrons. The first-order chi connectivity index (χ1) is 9.95. The van der Waals surface area contributed by atoms with Gasteiger partial charge in [-0.1, -0.05) is 0 Å². The third-order valence-corrected chi connectivity index (χ3v) is 4.21. The van der Waals surface area contributed by atoms with Gasteiger partial charge in [0.25, 0.3) is 0 Å². The minimum absolute atomic E-state index is 0.0482. The van der Waals surface area contributed by atoms with E-state index in [9.17, 15) is 9.59 Å². The number of nitrogens with one attached hydrogen (secondary N) is 1. The molecular weight excluding hydrogens is 270 g/mol. The third-order valence-electron chi connectivity index (χ3n) is 4.21. The van der Waals surface area contributed by atoms with Gasteiger partial charge < -0.3 is 14.6 Å². The maximum absolute atomic E-state index is 12.5. The number of amides is 1. The number of aromatic nitrogens is 1. The van der Waals surface area contributed by atoms with Gasteiger partial charge in [0.2, 0.25) is 5.91 Å². The number of nitrogens with zero attached hydrogens (tertiary/aromatic N) is 2. The van der Waals surface area contributed by atoms with E-state index in [-0.39, 0.29) is 18.2 Å². The van der Waals surface area contributed by atoms with Crippen LogP contribution in [0.2, 0.25) is 0 Å². The molecule has 0 aromatic carbocycles. The Morgan fingerprint density at radius 2 is 2.14 bits per heavy atom. The second-order valence-electron chi connectivity index (χ2n) is 5.44. The molecule has 0 radical (unpaired) electrons. The Morgan fingerprint density at radius 3 is 2.71 bits per heavy atom. The van der Waals surface area contributed by atoms with E-state index in [1.807, 2.05) is 36.4 Å². The van der Waals surface area contributed by atoms with E-state index in [0.717, 1.165) is 17.0 Å². The van der Waals surface area contributed by atoms with Crippen LogP contribution >= 0.6 is 0 Å². The molecule has 0 spiro atoms. The topological polar surface area (TPSA) is 63.6 Å². The zero-order valence-corrected chi connectivity index (χ0v) is 13.1. The summed E-state index contributed by atoms with van der Waals surface area (Å²) in [5, 5.41) is 2.63. The Hall–Kier alpha value is -1.66. The predicted octanol–water partition coefficient (Wildman–Crippen LogP) is 0.271. The molecule has 6 heteroatoms. The first kappa shape index (κ1) is 15.7. The highest BCUT2D eigenvalue weighted by Gasteiger charge is 2.30. The Labute approximate surface area is 125 Å². The standard InChI is InChI=1S/C15H23N3O3/c1-10-7-12(11(2)17(10)4)14(19)8-18-5-6-21-9-13(18)15(20)16-3/h7,13H,5-6,8-9H2,1-4H3,(H,16,20). The lowest BCUT2D eigenvalue weighted by Gasteiger charge is -2.33. The lowest BCUT2D eigenvalue weighted by atomic mass is 10.1. The van der Waals surface area contributed by atoms with Gasteiger partial charge >= 0.3 is 0 Å². The van der Waals surface area contributed by atoms with Crippen molar-refractivity contribution in [2.24, 2.45) is 7.05 Å². The molecule has 1 atom stereocenters. The number of morpholine rings is 1. The summed E-state index contributed by atoms with van der Waals surface area (Å²) in [4.78, 5) is 26.3. The van der Waals surface area contributed by atoms with Crippen LogP contribution in [-0.4, -0.2) is 60.6 Å². The summed E-state index contributed by atoms with van der Waals surface area (Å²) in [6.45, 7) is 5.63. The molecular formula is C15H23N3O3. The fraction of sp³-hybridized carbons (Fsp3) is 0.600. The lowest BCUT2D eigenvalue weighted by molar-refractivity contribution is -0.131. The molecule has 1 amide bonds. The zero-order chi connectivity index (χ0) is 15.6. The monoisotopic (exact) mass is 293 g/mol. The molecule has 2 rings (SSSR count). The number of carbonyl (C=O) groups is 2. The smallest absolute Gasteiger partial charge is 0.239 e. The Balaban J connectivity index is 2.13. The summed E-state index contributed by atoms with van der Waals surface area (Å²) < 4.78 is 7.35. The van der Waals surface area contributed by atoms with Gasteiger partial charge in [-0.05, 0) is 19.9 Å². The zero-order valence-electron chi connectivity index (χ0n) is 13.1. The Kier molecular flexibility index (Phi) is 4.80. The van der Waals surface area contributed by atoms with E-state index in [1.54, 1.807) is 7.05 Å². The number of ether oxygens (including phenoxy) is 1. The van der Waals surface area contributed by atoms with Gasteiger partial charge in [0.1, 0.15) is 6.04 Å². The van der Waals surface area contributed by atoms with E-state index in [0.29, 0.717) is 19.8 Å². The summed E-state index contributed by atoms with van der Waals surface area (Å²) in [5.41, 5.74) is 2.75. The summed E-state index contributed by atoms with van der Waals surface area (Å²) in [7, 11) is 3.55. The van der Waals surface area contributed by atoms with Crippen molar-refractivity contribution in [2.75, 3.05) is 33.4 Å².